The van der Waals surface area contributed by atoms with Crippen LogP contribution < -0.4 is 5.73 Å². The standard InChI is InChI=1S/C10H15N3/c1-6-9(11)7(2)13-10(12-6)8-4-3-5-8/h8H,3-5,11H2,1-2H3. The second-order valence-corrected chi connectivity index (χ2v) is 3.79. The minimum absolute atomic E-state index is 0.595. The van der Waals surface area contributed by atoms with Gasteiger partial charge in [0.05, 0.1) is 17.1 Å². The summed E-state index contributed by atoms with van der Waals surface area (Å²) < 4.78 is 0. The third-order valence-corrected chi connectivity index (χ3v) is 2.81. The molecule has 0 spiro atoms. The van der Waals surface area contributed by atoms with Crippen LogP contribution in [0.2, 0.25) is 0 Å². The molecule has 1 aliphatic carbocycles. The van der Waals surface area contributed by atoms with E-state index in [-0.39, 0.29) is 0 Å². The molecule has 1 aliphatic rings. The second kappa shape index (κ2) is 2.98. The quantitative estimate of drug-likeness (QED) is 0.713. The van der Waals surface area contributed by atoms with Gasteiger partial charge in [0.25, 0.3) is 0 Å². The van der Waals surface area contributed by atoms with Crippen molar-refractivity contribution in [3.63, 3.8) is 0 Å². The highest BCUT2D eigenvalue weighted by Gasteiger charge is 2.23. The average molecular weight is 177 g/mol. The van der Waals surface area contributed by atoms with E-state index >= 15 is 0 Å². The maximum Gasteiger partial charge on any atom is 0.132 e. The van der Waals surface area contributed by atoms with Crippen molar-refractivity contribution in [1.82, 2.24) is 9.97 Å². The summed E-state index contributed by atoms with van der Waals surface area (Å²) in [4.78, 5) is 8.84. The summed E-state index contributed by atoms with van der Waals surface area (Å²) in [6.07, 6.45) is 3.79. The molecule has 13 heavy (non-hydrogen) atoms. The molecular weight excluding hydrogens is 162 g/mol. The molecule has 0 saturated heterocycles. The van der Waals surface area contributed by atoms with E-state index in [9.17, 15) is 0 Å². The normalized spacial score (nSPS) is 17.1. The van der Waals surface area contributed by atoms with Crippen LogP contribution in [-0.4, -0.2) is 9.97 Å². The van der Waals surface area contributed by atoms with Gasteiger partial charge in [-0.3, -0.25) is 0 Å². The number of nitrogen functional groups attached to an aromatic ring is 1. The Hall–Kier alpha value is -1.12. The van der Waals surface area contributed by atoms with Crippen LogP contribution >= 0.6 is 0 Å². The predicted molar refractivity (Wildman–Crippen MR) is 52.5 cm³/mol. The fourth-order valence-electron chi connectivity index (χ4n) is 1.60. The first-order chi connectivity index (χ1) is 6.18. The zero-order chi connectivity index (χ0) is 9.42. The van der Waals surface area contributed by atoms with Crippen LogP contribution in [0, 0.1) is 13.8 Å². The first-order valence-corrected chi connectivity index (χ1v) is 4.79. The molecule has 0 aliphatic heterocycles. The number of anilines is 1. The zero-order valence-electron chi connectivity index (χ0n) is 8.17. The van der Waals surface area contributed by atoms with Crippen LogP contribution in [0.3, 0.4) is 0 Å². The van der Waals surface area contributed by atoms with Crippen molar-refractivity contribution in [2.24, 2.45) is 0 Å². The summed E-state index contributed by atoms with van der Waals surface area (Å²) in [6.45, 7) is 3.90. The molecule has 2 N–H and O–H groups in total. The summed E-state index contributed by atoms with van der Waals surface area (Å²) in [5.41, 5.74) is 8.38. The average Bonchev–Trinajstić information content (AvgIpc) is 1.96. The summed E-state index contributed by atoms with van der Waals surface area (Å²) in [6, 6.07) is 0. The first-order valence-electron chi connectivity index (χ1n) is 4.79. The Morgan fingerprint density at radius 2 is 1.69 bits per heavy atom. The van der Waals surface area contributed by atoms with Gasteiger partial charge in [0, 0.05) is 5.92 Å². The molecule has 1 aromatic heterocycles. The lowest BCUT2D eigenvalue weighted by atomic mass is 9.85. The number of aryl methyl sites for hydroxylation is 2. The lowest BCUT2D eigenvalue weighted by molar-refractivity contribution is 0.400. The minimum atomic E-state index is 0.595. The molecule has 0 aromatic carbocycles. The van der Waals surface area contributed by atoms with Crippen LogP contribution in [-0.2, 0) is 0 Å². The third kappa shape index (κ3) is 1.39. The van der Waals surface area contributed by atoms with E-state index in [1.165, 1.54) is 19.3 Å². The molecule has 1 saturated carbocycles. The number of nitrogens with two attached hydrogens (primary N) is 1. The van der Waals surface area contributed by atoms with E-state index in [0.29, 0.717) is 5.92 Å². The van der Waals surface area contributed by atoms with E-state index in [1.54, 1.807) is 0 Å². The topological polar surface area (TPSA) is 51.8 Å². The van der Waals surface area contributed by atoms with Gasteiger partial charge >= 0.3 is 0 Å². The second-order valence-electron chi connectivity index (χ2n) is 3.79. The SMILES string of the molecule is Cc1nc(C2CCC2)nc(C)c1N. The smallest absolute Gasteiger partial charge is 0.132 e. The maximum atomic E-state index is 5.79. The minimum Gasteiger partial charge on any atom is -0.396 e. The predicted octanol–water partition coefficient (Wildman–Crippen LogP) is 1.94. The van der Waals surface area contributed by atoms with E-state index < -0.39 is 0 Å². The van der Waals surface area contributed by atoms with Crippen molar-refractivity contribution in [2.45, 2.75) is 39.0 Å². The van der Waals surface area contributed by atoms with E-state index in [1.807, 2.05) is 13.8 Å². The zero-order valence-corrected chi connectivity index (χ0v) is 8.17. The monoisotopic (exact) mass is 177 g/mol. The number of hydrogen-bond donors (Lipinski definition) is 1. The van der Waals surface area contributed by atoms with Crippen LogP contribution in [0.4, 0.5) is 5.69 Å². The fraction of sp³-hybridized carbons (Fsp3) is 0.600. The number of hydrogen-bond acceptors (Lipinski definition) is 3. The van der Waals surface area contributed by atoms with Crippen molar-refractivity contribution in [1.29, 1.82) is 0 Å². The van der Waals surface area contributed by atoms with E-state index in [2.05, 4.69) is 9.97 Å². The Morgan fingerprint density at radius 3 is 2.08 bits per heavy atom. The number of rotatable bonds is 1. The van der Waals surface area contributed by atoms with Gasteiger partial charge in [0.15, 0.2) is 0 Å². The van der Waals surface area contributed by atoms with Crippen LogP contribution in [0.1, 0.15) is 42.4 Å². The van der Waals surface area contributed by atoms with Gasteiger partial charge in [-0.15, -0.1) is 0 Å². The summed E-state index contributed by atoms with van der Waals surface area (Å²) in [7, 11) is 0. The molecule has 0 atom stereocenters. The number of aromatic nitrogens is 2. The Morgan fingerprint density at radius 1 is 1.15 bits per heavy atom. The van der Waals surface area contributed by atoms with Gasteiger partial charge in [-0.1, -0.05) is 6.42 Å². The van der Waals surface area contributed by atoms with Gasteiger partial charge in [0.1, 0.15) is 5.82 Å². The van der Waals surface area contributed by atoms with Crippen molar-refractivity contribution in [3.8, 4) is 0 Å². The summed E-state index contributed by atoms with van der Waals surface area (Å²) in [5, 5.41) is 0. The summed E-state index contributed by atoms with van der Waals surface area (Å²) in [5.74, 6) is 1.59. The van der Waals surface area contributed by atoms with Gasteiger partial charge < -0.3 is 5.73 Å². The Labute approximate surface area is 78.4 Å². The van der Waals surface area contributed by atoms with E-state index in [4.69, 9.17) is 5.73 Å². The maximum absolute atomic E-state index is 5.79. The van der Waals surface area contributed by atoms with Crippen LogP contribution in [0.15, 0.2) is 0 Å². The Bertz CT molecular complexity index is 306. The molecule has 0 amide bonds. The lowest BCUT2D eigenvalue weighted by Gasteiger charge is -2.24. The molecule has 0 radical (unpaired) electrons. The van der Waals surface area contributed by atoms with Gasteiger partial charge in [0.2, 0.25) is 0 Å². The van der Waals surface area contributed by atoms with Gasteiger partial charge in [-0.05, 0) is 26.7 Å². The Balaban J connectivity index is 2.37. The molecule has 0 bridgehead atoms. The van der Waals surface area contributed by atoms with Crippen molar-refractivity contribution >= 4 is 5.69 Å². The van der Waals surface area contributed by atoms with Gasteiger partial charge in [-0.25, -0.2) is 9.97 Å². The molecule has 1 fully saturated rings. The van der Waals surface area contributed by atoms with Crippen molar-refractivity contribution in [2.75, 3.05) is 5.73 Å². The molecule has 3 heteroatoms. The molecular formula is C10H15N3. The highest BCUT2D eigenvalue weighted by atomic mass is 14.9. The molecule has 2 rings (SSSR count). The first kappa shape index (κ1) is 8.48. The molecule has 1 heterocycles. The highest BCUT2D eigenvalue weighted by Crippen LogP contribution is 2.34. The molecule has 70 valence electrons. The van der Waals surface area contributed by atoms with Crippen molar-refractivity contribution in [3.05, 3.63) is 17.2 Å². The third-order valence-electron chi connectivity index (χ3n) is 2.81. The molecule has 3 nitrogen and oxygen atoms in total. The largest absolute Gasteiger partial charge is 0.396 e. The Kier molecular flexibility index (Phi) is 1.94. The van der Waals surface area contributed by atoms with Crippen LogP contribution in [0.25, 0.3) is 0 Å². The lowest BCUT2D eigenvalue weighted by Crippen LogP contribution is -2.15. The summed E-state index contributed by atoms with van der Waals surface area (Å²) >= 11 is 0. The molecule has 1 aromatic rings. The van der Waals surface area contributed by atoms with Crippen LogP contribution in [0.5, 0.6) is 0 Å². The van der Waals surface area contributed by atoms with Crippen molar-refractivity contribution < 1.29 is 0 Å². The number of nitrogens with zero attached hydrogens (tertiary/aromatic N) is 2. The van der Waals surface area contributed by atoms with E-state index in [0.717, 1.165) is 22.9 Å². The highest BCUT2D eigenvalue weighted by molar-refractivity contribution is 5.46. The molecule has 0 unspecified atom stereocenters. The van der Waals surface area contributed by atoms with Gasteiger partial charge in [-0.2, -0.15) is 0 Å². The fourth-order valence-corrected chi connectivity index (χ4v) is 1.60.